The molecule has 1 aromatic heterocycles. The van der Waals surface area contributed by atoms with E-state index < -0.39 is 0 Å². The molecule has 2 rings (SSSR count). The van der Waals surface area contributed by atoms with Crippen molar-refractivity contribution in [1.82, 2.24) is 10.2 Å². The summed E-state index contributed by atoms with van der Waals surface area (Å²) in [6.07, 6.45) is 2.97. The molecule has 96 valence electrons. The molecule has 2 aromatic rings. The predicted octanol–water partition coefficient (Wildman–Crippen LogP) is 3.82. The number of nitrogens with two attached hydrogens (primary N) is 1. The summed E-state index contributed by atoms with van der Waals surface area (Å²) in [5.41, 5.74) is 7.17. The van der Waals surface area contributed by atoms with E-state index in [0.717, 1.165) is 15.1 Å². The molecule has 0 saturated heterocycles. The Kier molecular flexibility index (Phi) is 5.05. The van der Waals surface area contributed by atoms with E-state index in [1.54, 1.807) is 34.9 Å². The van der Waals surface area contributed by atoms with Gasteiger partial charge in [0.1, 0.15) is 0 Å². The molecule has 1 aromatic carbocycles. The van der Waals surface area contributed by atoms with E-state index in [2.05, 4.69) is 41.4 Å². The highest BCUT2D eigenvalue weighted by Gasteiger charge is 2.06. The van der Waals surface area contributed by atoms with Crippen molar-refractivity contribution in [2.24, 2.45) is 5.73 Å². The van der Waals surface area contributed by atoms with E-state index >= 15 is 0 Å². The first-order valence-corrected chi connectivity index (χ1v) is 8.49. The highest BCUT2D eigenvalue weighted by molar-refractivity contribution is 8.03. The fraction of sp³-hybridized carbons (Fsp3) is 0.333. The van der Waals surface area contributed by atoms with Crippen LogP contribution in [0, 0.1) is 0 Å². The number of hydrogen-bond donors (Lipinski definition) is 1. The lowest BCUT2D eigenvalue weighted by atomic mass is 10.1. The van der Waals surface area contributed by atoms with Gasteiger partial charge in [0.25, 0.3) is 0 Å². The third-order valence-corrected chi connectivity index (χ3v) is 5.47. The zero-order valence-corrected chi connectivity index (χ0v) is 12.7. The number of aromatic nitrogens is 2. The normalized spacial score (nSPS) is 12.6. The molecule has 18 heavy (non-hydrogen) atoms. The maximum Gasteiger partial charge on any atom is 0.179 e. The van der Waals surface area contributed by atoms with Crippen molar-refractivity contribution >= 4 is 34.9 Å². The largest absolute Gasteiger partial charge is 0.324 e. The Hall–Kier alpha value is -0.560. The number of benzene rings is 1. The topological polar surface area (TPSA) is 51.8 Å². The smallest absolute Gasteiger partial charge is 0.179 e. The quantitative estimate of drug-likeness (QED) is 0.850. The fourth-order valence-electron chi connectivity index (χ4n) is 1.44. The van der Waals surface area contributed by atoms with Crippen molar-refractivity contribution in [3.05, 3.63) is 29.8 Å². The van der Waals surface area contributed by atoms with E-state index in [1.165, 1.54) is 10.5 Å². The van der Waals surface area contributed by atoms with E-state index in [4.69, 9.17) is 5.73 Å². The van der Waals surface area contributed by atoms with Gasteiger partial charge in [0, 0.05) is 10.9 Å². The van der Waals surface area contributed by atoms with Crippen molar-refractivity contribution in [3.8, 4) is 0 Å². The maximum atomic E-state index is 5.99. The summed E-state index contributed by atoms with van der Waals surface area (Å²) in [6, 6.07) is 8.50. The minimum absolute atomic E-state index is 0.133. The van der Waals surface area contributed by atoms with Crippen LogP contribution in [-0.2, 0) is 0 Å². The summed E-state index contributed by atoms with van der Waals surface area (Å²) in [5, 5.41) is 8.22. The second kappa shape index (κ2) is 6.56. The van der Waals surface area contributed by atoms with Gasteiger partial charge in [-0.25, -0.2) is 0 Å². The molecular formula is C12H15N3S3. The summed E-state index contributed by atoms with van der Waals surface area (Å²) in [4.78, 5) is 1.17. The number of nitrogens with zero attached hydrogens (tertiary/aromatic N) is 2. The molecule has 0 aliphatic carbocycles. The monoisotopic (exact) mass is 297 g/mol. The Morgan fingerprint density at radius 2 is 1.89 bits per heavy atom. The Bertz CT molecular complexity index is 496. The Morgan fingerprint density at radius 3 is 2.44 bits per heavy atom. The molecule has 0 amide bonds. The van der Waals surface area contributed by atoms with Gasteiger partial charge in [0.05, 0.1) is 0 Å². The molecule has 6 heteroatoms. The highest BCUT2D eigenvalue weighted by atomic mass is 32.2. The van der Waals surface area contributed by atoms with Crippen molar-refractivity contribution in [2.45, 2.75) is 33.0 Å². The van der Waals surface area contributed by atoms with Crippen LogP contribution in [0.3, 0.4) is 0 Å². The van der Waals surface area contributed by atoms with Gasteiger partial charge in [-0.1, -0.05) is 53.9 Å². The molecule has 0 aliphatic rings. The van der Waals surface area contributed by atoms with E-state index in [-0.39, 0.29) is 6.04 Å². The van der Waals surface area contributed by atoms with Crippen LogP contribution >= 0.6 is 34.9 Å². The molecular weight excluding hydrogens is 282 g/mol. The van der Waals surface area contributed by atoms with Crippen LogP contribution in [0.2, 0.25) is 0 Å². The standard InChI is InChI=1S/C12H15N3S3/c1-3-10(13)8-4-6-9(7-5-8)17-12-15-14-11(16-2)18-12/h4-7,10H,3,13H2,1-2H3/t10-/m0/s1. The summed E-state index contributed by atoms with van der Waals surface area (Å²) in [5.74, 6) is 0. The average molecular weight is 297 g/mol. The first-order valence-electron chi connectivity index (χ1n) is 5.63. The molecule has 0 aliphatic heterocycles. The van der Waals surface area contributed by atoms with Gasteiger partial charge in [-0.05, 0) is 30.4 Å². The lowest BCUT2D eigenvalue weighted by Crippen LogP contribution is -2.07. The van der Waals surface area contributed by atoms with Crippen LogP contribution in [0.15, 0.2) is 37.8 Å². The highest BCUT2D eigenvalue weighted by Crippen LogP contribution is 2.33. The number of hydrogen-bond acceptors (Lipinski definition) is 6. The van der Waals surface area contributed by atoms with Gasteiger partial charge >= 0.3 is 0 Å². The average Bonchev–Trinajstić information content (AvgIpc) is 2.86. The third kappa shape index (κ3) is 3.47. The van der Waals surface area contributed by atoms with Crippen LogP contribution in [0.5, 0.6) is 0 Å². The summed E-state index contributed by atoms with van der Waals surface area (Å²) in [7, 11) is 0. The van der Waals surface area contributed by atoms with Crippen LogP contribution in [0.25, 0.3) is 0 Å². The predicted molar refractivity (Wildman–Crippen MR) is 79.5 cm³/mol. The maximum absolute atomic E-state index is 5.99. The first-order chi connectivity index (χ1) is 8.72. The first kappa shape index (κ1) is 13.9. The zero-order valence-electron chi connectivity index (χ0n) is 10.3. The van der Waals surface area contributed by atoms with Gasteiger partial charge < -0.3 is 5.73 Å². The summed E-state index contributed by atoms with van der Waals surface area (Å²) < 4.78 is 1.98. The van der Waals surface area contributed by atoms with Crippen LogP contribution < -0.4 is 5.73 Å². The Labute approximate surface area is 120 Å². The van der Waals surface area contributed by atoms with Gasteiger partial charge in [-0.2, -0.15) is 0 Å². The van der Waals surface area contributed by atoms with Gasteiger partial charge in [0.2, 0.25) is 0 Å². The third-order valence-electron chi connectivity index (χ3n) is 2.52. The van der Waals surface area contributed by atoms with E-state index in [0.29, 0.717) is 0 Å². The fourth-order valence-corrected chi connectivity index (χ4v) is 3.85. The molecule has 1 heterocycles. The molecule has 3 nitrogen and oxygen atoms in total. The van der Waals surface area contributed by atoms with Gasteiger partial charge in [0.15, 0.2) is 8.68 Å². The minimum atomic E-state index is 0.133. The van der Waals surface area contributed by atoms with Crippen molar-refractivity contribution in [2.75, 3.05) is 6.26 Å². The lowest BCUT2D eigenvalue weighted by molar-refractivity contribution is 0.698. The van der Waals surface area contributed by atoms with Gasteiger partial charge in [-0.3, -0.25) is 0 Å². The van der Waals surface area contributed by atoms with Crippen LogP contribution in [0.4, 0.5) is 0 Å². The van der Waals surface area contributed by atoms with Crippen molar-refractivity contribution in [3.63, 3.8) is 0 Å². The number of thioether (sulfide) groups is 1. The molecule has 0 radical (unpaired) electrons. The molecule has 0 spiro atoms. The summed E-state index contributed by atoms with van der Waals surface area (Å²) >= 11 is 4.89. The molecule has 1 atom stereocenters. The molecule has 0 saturated carbocycles. The molecule has 2 N–H and O–H groups in total. The Morgan fingerprint density at radius 1 is 1.22 bits per heavy atom. The van der Waals surface area contributed by atoms with Crippen molar-refractivity contribution in [1.29, 1.82) is 0 Å². The minimum Gasteiger partial charge on any atom is -0.324 e. The second-order valence-corrected chi connectivity index (χ2v) is 7.08. The zero-order chi connectivity index (χ0) is 13.0. The SMILES string of the molecule is CC[C@H](N)c1ccc(Sc2nnc(SC)s2)cc1. The van der Waals surface area contributed by atoms with Crippen LogP contribution in [0.1, 0.15) is 24.9 Å². The molecule has 0 fully saturated rings. The van der Waals surface area contributed by atoms with Crippen molar-refractivity contribution < 1.29 is 0 Å². The second-order valence-electron chi connectivity index (χ2n) is 3.72. The van der Waals surface area contributed by atoms with Gasteiger partial charge in [-0.15, -0.1) is 10.2 Å². The van der Waals surface area contributed by atoms with E-state index in [9.17, 15) is 0 Å². The summed E-state index contributed by atoms with van der Waals surface area (Å²) in [6.45, 7) is 2.10. The molecule has 0 bridgehead atoms. The lowest BCUT2D eigenvalue weighted by Gasteiger charge is -2.09. The molecule has 0 unspecified atom stereocenters. The Balaban J connectivity index is 2.06. The number of rotatable bonds is 5. The van der Waals surface area contributed by atoms with Crippen LogP contribution in [-0.4, -0.2) is 16.5 Å². The van der Waals surface area contributed by atoms with E-state index in [1.807, 2.05) is 6.26 Å².